The van der Waals surface area contributed by atoms with Gasteiger partial charge in [-0.3, -0.25) is 0 Å². The molecule has 3 aromatic carbocycles. The zero-order valence-electron chi connectivity index (χ0n) is 18.9. The molecule has 0 aliphatic carbocycles. The lowest BCUT2D eigenvalue weighted by Gasteiger charge is -2.30. The molecule has 0 saturated carbocycles. The van der Waals surface area contributed by atoms with Crippen molar-refractivity contribution in [2.45, 2.75) is 44.1 Å². The smallest absolute Gasteiger partial charge is 0.406 e. The molecule has 3 rings (SSSR count). The van der Waals surface area contributed by atoms with Crippen LogP contribution in [0.4, 0.5) is 13.2 Å². The van der Waals surface area contributed by atoms with Crippen molar-refractivity contribution in [3.63, 3.8) is 0 Å². The maximum Gasteiger partial charge on any atom is 0.573 e. The van der Waals surface area contributed by atoms with Gasteiger partial charge in [0.05, 0.1) is 24.1 Å². The van der Waals surface area contributed by atoms with Crippen LogP contribution in [0.1, 0.15) is 47.6 Å². The Labute approximate surface area is 207 Å². The number of hydrogen-bond donors (Lipinski definition) is 1. The predicted molar refractivity (Wildman–Crippen MR) is 128 cm³/mol. The van der Waals surface area contributed by atoms with Crippen LogP contribution in [0.5, 0.6) is 5.75 Å². The maximum atomic E-state index is 12.7. The Bertz CT molecular complexity index is 1220. The standard InChI is InChI=1S/C27H23ClF3N3O/c1-18(34-26(12-13-32)22-6-3-7-24(16-22)35-27(29,30)31)25(15-19-8-10-23(28)11-9-19)21-5-2-4-20(14-21)17-33/h2-11,14,16,18,25-26,34H,12,15H2,1H3/t18-,25+,26?/m0/s1. The molecule has 8 heteroatoms. The van der Waals surface area contributed by atoms with Gasteiger partial charge >= 0.3 is 6.36 Å². The minimum atomic E-state index is -4.81. The van der Waals surface area contributed by atoms with Crippen LogP contribution in [0.25, 0.3) is 0 Å². The lowest BCUT2D eigenvalue weighted by molar-refractivity contribution is -0.274. The van der Waals surface area contributed by atoms with Gasteiger partial charge in [0.25, 0.3) is 0 Å². The number of alkyl halides is 3. The monoisotopic (exact) mass is 497 g/mol. The third-order valence-electron chi connectivity index (χ3n) is 5.67. The molecule has 0 bridgehead atoms. The van der Waals surface area contributed by atoms with Crippen LogP contribution >= 0.6 is 11.6 Å². The van der Waals surface area contributed by atoms with Crippen molar-refractivity contribution in [2.24, 2.45) is 0 Å². The molecule has 0 fully saturated rings. The van der Waals surface area contributed by atoms with Crippen LogP contribution in [0.3, 0.4) is 0 Å². The Hall–Kier alpha value is -3.52. The summed E-state index contributed by atoms with van der Waals surface area (Å²) in [6, 6.07) is 24.0. The largest absolute Gasteiger partial charge is 0.573 e. The van der Waals surface area contributed by atoms with Crippen LogP contribution in [0.2, 0.25) is 5.02 Å². The third kappa shape index (κ3) is 7.75. The highest BCUT2D eigenvalue weighted by molar-refractivity contribution is 6.30. The molecule has 0 spiro atoms. The molecule has 0 saturated heterocycles. The van der Waals surface area contributed by atoms with Gasteiger partial charge in [0, 0.05) is 23.0 Å². The molecule has 3 atom stereocenters. The second-order valence-corrected chi connectivity index (χ2v) is 8.60. The summed E-state index contributed by atoms with van der Waals surface area (Å²) in [7, 11) is 0. The van der Waals surface area contributed by atoms with E-state index < -0.39 is 12.4 Å². The second-order valence-electron chi connectivity index (χ2n) is 8.16. The van der Waals surface area contributed by atoms with Gasteiger partial charge in [-0.1, -0.05) is 48.0 Å². The van der Waals surface area contributed by atoms with Crippen LogP contribution in [-0.2, 0) is 6.42 Å². The zero-order chi connectivity index (χ0) is 25.4. The Kier molecular flexibility index (Phi) is 8.76. The highest BCUT2D eigenvalue weighted by Crippen LogP contribution is 2.30. The number of nitrogens with zero attached hydrogens (tertiary/aromatic N) is 2. The summed E-state index contributed by atoms with van der Waals surface area (Å²) in [4.78, 5) is 0. The second kappa shape index (κ2) is 11.8. The first-order valence-electron chi connectivity index (χ1n) is 10.9. The molecule has 4 nitrogen and oxygen atoms in total. The first kappa shape index (κ1) is 26.1. The van der Waals surface area contributed by atoms with Crippen molar-refractivity contribution in [1.29, 1.82) is 10.5 Å². The van der Waals surface area contributed by atoms with E-state index in [1.807, 2.05) is 49.4 Å². The topological polar surface area (TPSA) is 68.8 Å². The molecule has 0 radical (unpaired) electrons. The van der Waals surface area contributed by atoms with E-state index in [1.165, 1.54) is 18.2 Å². The summed E-state index contributed by atoms with van der Waals surface area (Å²) < 4.78 is 42.1. The molecule has 1 unspecified atom stereocenters. The molecule has 0 amide bonds. The summed E-state index contributed by atoms with van der Waals surface area (Å²) in [6.07, 6.45) is -4.14. The fourth-order valence-corrected chi connectivity index (χ4v) is 4.15. The van der Waals surface area contributed by atoms with Gasteiger partial charge in [-0.25, -0.2) is 0 Å². The molecule has 0 aliphatic rings. The summed E-state index contributed by atoms with van der Waals surface area (Å²) in [5.74, 6) is -0.438. The number of ether oxygens (including phenoxy) is 1. The number of hydrogen-bond acceptors (Lipinski definition) is 4. The van der Waals surface area contributed by atoms with Gasteiger partial charge < -0.3 is 10.1 Å². The van der Waals surface area contributed by atoms with E-state index in [4.69, 9.17) is 11.6 Å². The van der Waals surface area contributed by atoms with Gasteiger partial charge in [0.2, 0.25) is 0 Å². The number of rotatable bonds is 9. The number of nitrogens with one attached hydrogen (secondary N) is 1. The summed E-state index contributed by atoms with van der Waals surface area (Å²) >= 11 is 6.03. The summed E-state index contributed by atoms with van der Waals surface area (Å²) in [5.41, 5.74) is 3.01. The first-order chi connectivity index (χ1) is 16.7. The lowest BCUT2D eigenvalue weighted by atomic mass is 9.85. The van der Waals surface area contributed by atoms with Gasteiger partial charge in [-0.15, -0.1) is 13.2 Å². The Balaban J connectivity index is 1.91. The van der Waals surface area contributed by atoms with Crippen LogP contribution < -0.4 is 10.1 Å². The van der Waals surface area contributed by atoms with Gasteiger partial charge in [0.15, 0.2) is 0 Å². The Morgan fingerprint density at radius 3 is 2.31 bits per heavy atom. The minimum absolute atomic E-state index is 0.0473. The van der Waals surface area contributed by atoms with E-state index in [9.17, 15) is 23.7 Å². The Morgan fingerprint density at radius 2 is 1.66 bits per heavy atom. The molecule has 0 heterocycles. The molecular weight excluding hydrogens is 475 g/mol. The molecule has 1 N–H and O–H groups in total. The fraction of sp³-hybridized carbons (Fsp3) is 0.259. The summed E-state index contributed by atoms with van der Waals surface area (Å²) in [5, 5.41) is 22.8. The molecule has 0 aliphatic heterocycles. The highest BCUT2D eigenvalue weighted by Gasteiger charge is 2.31. The van der Waals surface area contributed by atoms with Gasteiger partial charge in [-0.2, -0.15) is 10.5 Å². The minimum Gasteiger partial charge on any atom is -0.406 e. The quantitative estimate of drug-likeness (QED) is 0.343. The van der Waals surface area contributed by atoms with E-state index in [0.717, 1.165) is 11.1 Å². The lowest BCUT2D eigenvalue weighted by Crippen LogP contribution is -2.36. The van der Waals surface area contributed by atoms with E-state index in [-0.39, 0.29) is 24.1 Å². The predicted octanol–water partition coefficient (Wildman–Crippen LogP) is 7.07. The van der Waals surface area contributed by atoms with Gasteiger partial charge in [0.1, 0.15) is 5.75 Å². The molecule has 180 valence electrons. The zero-order valence-corrected chi connectivity index (χ0v) is 19.6. The van der Waals surface area contributed by atoms with E-state index >= 15 is 0 Å². The van der Waals surface area contributed by atoms with Crippen molar-refractivity contribution >= 4 is 11.6 Å². The van der Waals surface area contributed by atoms with Crippen molar-refractivity contribution in [1.82, 2.24) is 5.32 Å². The molecule has 3 aromatic rings. The first-order valence-corrected chi connectivity index (χ1v) is 11.3. The number of benzene rings is 3. The van der Waals surface area contributed by atoms with Crippen molar-refractivity contribution in [3.05, 3.63) is 100 Å². The number of halogens is 4. The SMILES string of the molecule is C[C@H](NC(CC#N)c1cccc(OC(F)(F)F)c1)[C@@H](Cc1ccc(Cl)cc1)c1cccc(C#N)c1. The highest BCUT2D eigenvalue weighted by atomic mass is 35.5. The fourth-order valence-electron chi connectivity index (χ4n) is 4.02. The van der Waals surface area contributed by atoms with Crippen LogP contribution in [-0.4, -0.2) is 12.4 Å². The van der Waals surface area contributed by atoms with E-state index in [2.05, 4.69) is 22.2 Å². The molecule has 0 aromatic heterocycles. The van der Waals surface area contributed by atoms with Crippen LogP contribution in [0, 0.1) is 22.7 Å². The van der Waals surface area contributed by atoms with Crippen molar-refractivity contribution in [2.75, 3.05) is 0 Å². The normalized spacial score (nSPS) is 13.8. The van der Waals surface area contributed by atoms with E-state index in [1.54, 1.807) is 12.1 Å². The van der Waals surface area contributed by atoms with Crippen molar-refractivity contribution < 1.29 is 17.9 Å². The van der Waals surface area contributed by atoms with Crippen molar-refractivity contribution in [3.8, 4) is 17.9 Å². The summed E-state index contributed by atoms with van der Waals surface area (Å²) in [6.45, 7) is 1.96. The average molecular weight is 498 g/mol. The Morgan fingerprint density at radius 1 is 0.971 bits per heavy atom. The van der Waals surface area contributed by atoms with E-state index in [0.29, 0.717) is 22.6 Å². The van der Waals surface area contributed by atoms with Gasteiger partial charge in [-0.05, 0) is 66.4 Å². The maximum absolute atomic E-state index is 12.7. The molecular formula is C27H23ClF3N3O. The molecule has 35 heavy (non-hydrogen) atoms. The number of nitriles is 2. The van der Waals surface area contributed by atoms with Crippen LogP contribution in [0.15, 0.2) is 72.8 Å². The average Bonchev–Trinajstić information content (AvgIpc) is 2.82. The third-order valence-corrected chi connectivity index (χ3v) is 5.92.